The molecule has 1 aliphatic rings. The molecular weight excluding hydrogens is 399 g/mol. The third-order valence-corrected chi connectivity index (χ3v) is 5.60. The van der Waals surface area contributed by atoms with Gasteiger partial charge in [-0.1, -0.05) is 24.3 Å². The Morgan fingerprint density at radius 2 is 2.16 bits per heavy atom. The maximum atomic E-state index is 15.0. The molecule has 1 amide bonds. The monoisotopic (exact) mass is 420 g/mol. The van der Waals surface area contributed by atoms with E-state index in [9.17, 15) is 19.2 Å². The second-order valence-corrected chi connectivity index (χ2v) is 7.49. The van der Waals surface area contributed by atoms with E-state index >= 15 is 0 Å². The quantitative estimate of drug-likeness (QED) is 0.655. The smallest absolute Gasteiger partial charge is 0.255 e. The molecule has 1 fully saturated rings. The van der Waals surface area contributed by atoms with Gasteiger partial charge in [-0.3, -0.25) is 14.5 Å². The first-order valence-corrected chi connectivity index (χ1v) is 9.91. The lowest BCUT2D eigenvalue weighted by atomic mass is 9.96. The van der Waals surface area contributed by atoms with Crippen molar-refractivity contribution in [3.8, 4) is 17.2 Å². The van der Waals surface area contributed by atoms with Gasteiger partial charge in [0.05, 0.1) is 12.7 Å². The molecule has 31 heavy (non-hydrogen) atoms. The van der Waals surface area contributed by atoms with Crippen LogP contribution in [-0.4, -0.2) is 47.6 Å². The largest absolute Gasteiger partial charge is 0.367 e. The van der Waals surface area contributed by atoms with Crippen LogP contribution < -0.4 is 11.3 Å². The van der Waals surface area contributed by atoms with E-state index in [1.54, 1.807) is 41.4 Å². The highest BCUT2D eigenvalue weighted by Gasteiger charge is 2.30. The van der Waals surface area contributed by atoms with Crippen molar-refractivity contribution in [2.24, 2.45) is 5.73 Å². The van der Waals surface area contributed by atoms with E-state index < -0.39 is 23.9 Å². The van der Waals surface area contributed by atoms with Crippen LogP contribution in [0.2, 0.25) is 0 Å². The number of benzene rings is 2. The summed E-state index contributed by atoms with van der Waals surface area (Å²) in [5.74, 6) is -1.01. The number of ether oxygens (including phenoxy) is 1. The molecule has 3 N–H and O–H groups in total. The Balaban J connectivity index is 1.60. The van der Waals surface area contributed by atoms with Gasteiger partial charge in [0.25, 0.3) is 5.56 Å². The van der Waals surface area contributed by atoms with Gasteiger partial charge >= 0.3 is 0 Å². The lowest BCUT2D eigenvalue weighted by Crippen LogP contribution is -2.52. The zero-order valence-corrected chi connectivity index (χ0v) is 16.7. The highest BCUT2D eigenvalue weighted by molar-refractivity contribution is 5.96. The van der Waals surface area contributed by atoms with E-state index in [0.29, 0.717) is 23.1 Å². The third kappa shape index (κ3) is 4.19. The first-order chi connectivity index (χ1) is 15.0. The number of aromatic nitrogens is 1. The van der Waals surface area contributed by atoms with Gasteiger partial charge in [0.1, 0.15) is 18.0 Å². The number of nitriles is 1. The van der Waals surface area contributed by atoms with Gasteiger partial charge in [0.15, 0.2) is 0 Å². The van der Waals surface area contributed by atoms with Gasteiger partial charge in [0.2, 0.25) is 5.91 Å². The lowest BCUT2D eigenvalue weighted by Gasteiger charge is -2.34. The summed E-state index contributed by atoms with van der Waals surface area (Å²) in [6, 6.07) is 13.6. The zero-order chi connectivity index (χ0) is 22.0. The summed E-state index contributed by atoms with van der Waals surface area (Å²) in [6.07, 6.45) is 0.966. The van der Waals surface area contributed by atoms with Gasteiger partial charge in [-0.25, -0.2) is 4.39 Å². The van der Waals surface area contributed by atoms with Crippen LogP contribution in [0.1, 0.15) is 5.56 Å². The number of hydrogen-bond acceptors (Lipinski definition) is 5. The molecule has 7 nitrogen and oxygen atoms in total. The van der Waals surface area contributed by atoms with Crippen molar-refractivity contribution in [3.63, 3.8) is 0 Å². The SMILES string of the molecule is N#C[C@H](Cc1ccc(-c2cccc3c(=O)[nH]ccc23)cc1F)N1CCO[C@H](C(N)=O)C1. The molecule has 158 valence electrons. The molecule has 2 atom stereocenters. The Labute approximate surface area is 177 Å². The predicted octanol–water partition coefficient (Wildman–Crippen LogP) is 1.95. The van der Waals surface area contributed by atoms with Gasteiger partial charge in [-0.05, 0) is 40.3 Å². The average molecular weight is 420 g/mol. The topological polar surface area (TPSA) is 112 Å². The van der Waals surface area contributed by atoms with Gasteiger partial charge < -0.3 is 15.5 Å². The fourth-order valence-corrected chi connectivity index (χ4v) is 3.94. The van der Waals surface area contributed by atoms with E-state index in [-0.39, 0.29) is 25.1 Å². The number of carbonyl (C=O) groups excluding carboxylic acids is 1. The molecule has 4 rings (SSSR count). The number of fused-ring (bicyclic) bond motifs is 1. The van der Waals surface area contributed by atoms with Crippen molar-refractivity contribution < 1.29 is 13.9 Å². The number of carbonyl (C=O) groups is 1. The first kappa shape index (κ1) is 20.7. The molecule has 0 saturated carbocycles. The zero-order valence-electron chi connectivity index (χ0n) is 16.7. The van der Waals surface area contributed by atoms with E-state index in [1.807, 2.05) is 6.07 Å². The Hall–Kier alpha value is -3.54. The summed E-state index contributed by atoms with van der Waals surface area (Å²) in [5.41, 5.74) is 6.91. The molecule has 8 heteroatoms. The number of halogens is 1. The van der Waals surface area contributed by atoms with Crippen LogP contribution in [0.15, 0.2) is 53.5 Å². The van der Waals surface area contributed by atoms with Crippen molar-refractivity contribution >= 4 is 16.7 Å². The highest BCUT2D eigenvalue weighted by atomic mass is 19.1. The van der Waals surface area contributed by atoms with Crippen molar-refractivity contribution in [2.75, 3.05) is 19.7 Å². The predicted molar refractivity (Wildman–Crippen MR) is 114 cm³/mol. The molecule has 1 aliphatic heterocycles. The average Bonchev–Trinajstić information content (AvgIpc) is 2.78. The number of aromatic amines is 1. The third-order valence-electron chi connectivity index (χ3n) is 5.60. The summed E-state index contributed by atoms with van der Waals surface area (Å²) >= 11 is 0. The minimum atomic E-state index is -0.772. The van der Waals surface area contributed by atoms with Crippen LogP contribution in [0.3, 0.4) is 0 Å². The second-order valence-electron chi connectivity index (χ2n) is 7.49. The molecule has 3 aromatic rings. The van der Waals surface area contributed by atoms with E-state index in [4.69, 9.17) is 10.5 Å². The summed E-state index contributed by atoms with van der Waals surface area (Å²) in [4.78, 5) is 27.9. The first-order valence-electron chi connectivity index (χ1n) is 9.91. The van der Waals surface area contributed by atoms with Crippen LogP contribution >= 0.6 is 0 Å². The molecule has 2 aromatic carbocycles. The molecule has 0 bridgehead atoms. The number of pyridine rings is 1. The van der Waals surface area contributed by atoms with E-state index in [0.717, 1.165) is 10.9 Å². The number of hydrogen-bond donors (Lipinski definition) is 2. The minimum Gasteiger partial charge on any atom is -0.367 e. The maximum absolute atomic E-state index is 15.0. The lowest BCUT2D eigenvalue weighted by molar-refractivity contribution is -0.135. The summed E-state index contributed by atoms with van der Waals surface area (Å²) in [7, 11) is 0. The molecule has 2 heterocycles. The van der Waals surface area contributed by atoms with Gasteiger partial charge in [0, 0.05) is 31.1 Å². The molecule has 0 aliphatic carbocycles. The van der Waals surface area contributed by atoms with Gasteiger partial charge in [-0.2, -0.15) is 5.26 Å². The molecule has 1 aromatic heterocycles. The van der Waals surface area contributed by atoms with Crippen LogP contribution in [0, 0.1) is 17.1 Å². The molecule has 0 spiro atoms. The summed E-state index contributed by atoms with van der Waals surface area (Å²) in [5, 5.41) is 10.9. The molecule has 0 unspecified atom stereocenters. The Bertz CT molecular complexity index is 1230. The molecule has 1 saturated heterocycles. The standard InChI is InChI=1S/C23H21FN4O3/c24-20-11-14(17-2-1-3-19-18(17)6-7-27-23(19)30)4-5-15(20)10-16(12-25)28-8-9-31-21(13-28)22(26)29/h1-7,11,16,21H,8-10,13H2,(H2,26,29)(H,27,30)/t16-,21-/m0/s1. The minimum absolute atomic E-state index is 0.170. The number of H-pyrrole nitrogens is 1. The van der Waals surface area contributed by atoms with Crippen molar-refractivity contribution in [2.45, 2.75) is 18.6 Å². The molecule has 0 radical (unpaired) electrons. The number of nitrogens with zero attached hydrogens (tertiary/aromatic N) is 2. The van der Waals surface area contributed by atoms with Crippen molar-refractivity contribution in [3.05, 3.63) is 70.4 Å². The summed E-state index contributed by atoms with van der Waals surface area (Å²) in [6.45, 7) is 0.956. The van der Waals surface area contributed by atoms with E-state index in [2.05, 4.69) is 11.1 Å². The van der Waals surface area contributed by atoms with Gasteiger partial charge in [-0.15, -0.1) is 0 Å². The number of nitrogens with two attached hydrogens (primary N) is 1. The number of amides is 1. The number of primary amides is 1. The van der Waals surface area contributed by atoms with Crippen LogP contribution in [-0.2, 0) is 16.0 Å². The highest BCUT2D eigenvalue weighted by Crippen LogP contribution is 2.29. The number of morpholine rings is 1. The van der Waals surface area contributed by atoms with Crippen LogP contribution in [0.4, 0.5) is 4.39 Å². The maximum Gasteiger partial charge on any atom is 0.255 e. The normalized spacial score (nSPS) is 17.9. The van der Waals surface area contributed by atoms with Crippen LogP contribution in [0.5, 0.6) is 0 Å². The Morgan fingerprint density at radius 3 is 2.90 bits per heavy atom. The Kier molecular flexibility index (Phi) is 5.80. The fraction of sp³-hybridized carbons (Fsp3) is 0.261. The van der Waals surface area contributed by atoms with Crippen LogP contribution in [0.25, 0.3) is 21.9 Å². The Morgan fingerprint density at radius 1 is 1.32 bits per heavy atom. The number of nitrogens with one attached hydrogen (secondary N) is 1. The fourth-order valence-electron chi connectivity index (χ4n) is 3.94. The second kappa shape index (κ2) is 8.68. The van der Waals surface area contributed by atoms with E-state index in [1.165, 1.54) is 6.07 Å². The summed E-state index contributed by atoms with van der Waals surface area (Å²) < 4.78 is 20.3. The number of rotatable bonds is 5. The molecular formula is C23H21FN4O3. The van der Waals surface area contributed by atoms with Crippen molar-refractivity contribution in [1.29, 1.82) is 5.26 Å². The van der Waals surface area contributed by atoms with Crippen molar-refractivity contribution in [1.82, 2.24) is 9.88 Å².